The number of halogens is 1. The highest BCUT2D eigenvalue weighted by molar-refractivity contribution is 9.10. The molecule has 1 aromatic carbocycles. The SMILES string of the molecule is Cc1cn2c(n1)c(N1CCN(C)CC1)nc1ccc(Br)cc12. The number of fused-ring (bicyclic) bond motifs is 3. The maximum atomic E-state index is 4.91. The normalized spacial score (nSPS) is 16.8. The lowest BCUT2D eigenvalue weighted by Gasteiger charge is -2.33. The summed E-state index contributed by atoms with van der Waals surface area (Å²) in [6.45, 7) is 6.14. The number of aryl methyl sites for hydroxylation is 1. The lowest BCUT2D eigenvalue weighted by Crippen LogP contribution is -2.45. The topological polar surface area (TPSA) is 36.7 Å². The van der Waals surface area contributed by atoms with Gasteiger partial charge in [0.25, 0.3) is 0 Å². The van der Waals surface area contributed by atoms with Crippen molar-refractivity contribution in [1.82, 2.24) is 19.3 Å². The van der Waals surface area contributed by atoms with Gasteiger partial charge >= 0.3 is 0 Å². The van der Waals surface area contributed by atoms with Gasteiger partial charge in [-0.3, -0.25) is 4.40 Å². The first-order valence-corrected chi connectivity index (χ1v) is 8.29. The monoisotopic (exact) mass is 359 g/mol. The van der Waals surface area contributed by atoms with Gasteiger partial charge in [0.05, 0.1) is 16.7 Å². The molecule has 1 aliphatic heterocycles. The van der Waals surface area contributed by atoms with Crippen LogP contribution in [0.15, 0.2) is 28.9 Å². The van der Waals surface area contributed by atoms with E-state index in [1.165, 1.54) is 0 Å². The molecule has 1 saturated heterocycles. The third-order valence-corrected chi connectivity index (χ3v) is 4.75. The Kier molecular flexibility index (Phi) is 3.31. The molecule has 0 saturated carbocycles. The van der Waals surface area contributed by atoms with E-state index in [0.29, 0.717) is 0 Å². The van der Waals surface area contributed by atoms with Gasteiger partial charge in [0.1, 0.15) is 0 Å². The number of hydrogen-bond donors (Lipinski definition) is 0. The molecule has 0 atom stereocenters. The van der Waals surface area contributed by atoms with Crippen molar-refractivity contribution in [2.75, 3.05) is 38.1 Å². The molecule has 0 aliphatic carbocycles. The number of likely N-dealkylation sites (N-methyl/N-ethyl adjacent to an activating group) is 1. The van der Waals surface area contributed by atoms with Crippen LogP contribution in [-0.4, -0.2) is 52.5 Å². The quantitative estimate of drug-likeness (QED) is 0.669. The van der Waals surface area contributed by atoms with Gasteiger partial charge in [0.15, 0.2) is 11.5 Å². The fourth-order valence-electron chi connectivity index (χ4n) is 3.02. The third-order valence-electron chi connectivity index (χ3n) is 4.25. The molecule has 0 radical (unpaired) electrons. The number of imidazole rings is 1. The predicted molar refractivity (Wildman–Crippen MR) is 92.6 cm³/mol. The summed E-state index contributed by atoms with van der Waals surface area (Å²) in [6, 6.07) is 6.21. The molecule has 114 valence electrons. The number of rotatable bonds is 1. The van der Waals surface area contributed by atoms with Crippen molar-refractivity contribution in [2.45, 2.75) is 6.92 Å². The van der Waals surface area contributed by atoms with Crippen molar-refractivity contribution in [3.8, 4) is 0 Å². The fourth-order valence-corrected chi connectivity index (χ4v) is 3.37. The molecule has 0 bridgehead atoms. The Bertz CT molecular complexity index is 848. The van der Waals surface area contributed by atoms with Crippen molar-refractivity contribution in [1.29, 1.82) is 0 Å². The van der Waals surface area contributed by atoms with E-state index in [2.05, 4.69) is 55.5 Å². The second kappa shape index (κ2) is 5.21. The van der Waals surface area contributed by atoms with Crippen LogP contribution >= 0.6 is 15.9 Å². The van der Waals surface area contributed by atoms with Gasteiger partial charge in [-0.2, -0.15) is 0 Å². The summed E-state index contributed by atoms with van der Waals surface area (Å²) in [5.41, 5.74) is 4.06. The Morgan fingerprint density at radius 3 is 2.64 bits per heavy atom. The van der Waals surface area contributed by atoms with Crippen molar-refractivity contribution in [3.63, 3.8) is 0 Å². The number of aromatic nitrogens is 3. The molecule has 0 N–H and O–H groups in total. The number of hydrogen-bond acceptors (Lipinski definition) is 4. The molecule has 3 aromatic rings. The molecular formula is C16H18BrN5. The molecule has 5 nitrogen and oxygen atoms in total. The van der Waals surface area contributed by atoms with Gasteiger partial charge in [-0.15, -0.1) is 0 Å². The van der Waals surface area contributed by atoms with E-state index < -0.39 is 0 Å². The van der Waals surface area contributed by atoms with E-state index in [1.54, 1.807) is 0 Å². The van der Waals surface area contributed by atoms with E-state index in [0.717, 1.165) is 58.8 Å². The molecule has 6 heteroatoms. The van der Waals surface area contributed by atoms with E-state index in [-0.39, 0.29) is 0 Å². The van der Waals surface area contributed by atoms with Crippen LogP contribution in [0.1, 0.15) is 5.69 Å². The van der Waals surface area contributed by atoms with Crippen molar-refractivity contribution >= 4 is 38.4 Å². The van der Waals surface area contributed by atoms with Crippen molar-refractivity contribution in [3.05, 3.63) is 34.6 Å². The molecule has 0 amide bonds. The minimum atomic E-state index is 0.952. The number of nitrogens with zero attached hydrogens (tertiary/aromatic N) is 5. The van der Waals surface area contributed by atoms with Gasteiger partial charge in [-0.05, 0) is 32.2 Å². The van der Waals surface area contributed by atoms with Crippen molar-refractivity contribution < 1.29 is 0 Å². The average Bonchev–Trinajstić information content (AvgIpc) is 2.89. The van der Waals surface area contributed by atoms with Crippen LogP contribution in [0.2, 0.25) is 0 Å². The second-order valence-corrected chi connectivity index (χ2v) is 6.85. The van der Waals surface area contributed by atoms with Crippen LogP contribution in [0.25, 0.3) is 16.7 Å². The smallest absolute Gasteiger partial charge is 0.181 e. The standard InChI is InChI=1S/C16H18BrN5/c1-11-10-22-14-9-12(17)3-4-13(14)19-15(16(22)18-11)21-7-5-20(2)6-8-21/h3-4,9-10H,5-8H2,1-2H3. The summed E-state index contributed by atoms with van der Waals surface area (Å²) >= 11 is 3.55. The van der Waals surface area contributed by atoms with Crippen LogP contribution in [0.3, 0.4) is 0 Å². The Morgan fingerprint density at radius 1 is 1.09 bits per heavy atom. The summed E-state index contributed by atoms with van der Waals surface area (Å²) in [5, 5.41) is 0. The second-order valence-electron chi connectivity index (χ2n) is 5.93. The van der Waals surface area contributed by atoms with E-state index in [9.17, 15) is 0 Å². The van der Waals surface area contributed by atoms with Crippen LogP contribution in [-0.2, 0) is 0 Å². The summed E-state index contributed by atoms with van der Waals surface area (Å²) in [6.07, 6.45) is 2.09. The number of benzene rings is 1. The predicted octanol–water partition coefficient (Wildman–Crippen LogP) is 2.71. The lowest BCUT2D eigenvalue weighted by atomic mass is 10.3. The Hall–Kier alpha value is -1.66. The van der Waals surface area contributed by atoms with Crippen LogP contribution in [0.4, 0.5) is 5.82 Å². The molecule has 2 aromatic heterocycles. The Balaban J connectivity index is 1.94. The molecule has 22 heavy (non-hydrogen) atoms. The van der Waals surface area contributed by atoms with Gasteiger partial charge in [0, 0.05) is 36.8 Å². The average molecular weight is 360 g/mol. The Labute approximate surface area is 137 Å². The summed E-state index contributed by atoms with van der Waals surface area (Å²) < 4.78 is 3.22. The lowest BCUT2D eigenvalue weighted by molar-refractivity contribution is 0.312. The Morgan fingerprint density at radius 2 is 1.86 bits per heavy atom. The molecule has 4 rings (SSSR count). The number of anilines is 1. The molecule has 1 fully saturated rings. The minimum absolute atomic E-state index is 0.952. The van der Waals surface area contributed by atoms with E-state index in [1.807, 2.05) is 13.0 Å². The van der Waals surface area contributed by atoms with Crippen LogP contribution in [0, 0.1) is 6.92 Å². The minimum Gasteiger partial charge on any atom is -0.351 e. The van der Waals surface area contributed by atoms with Crippen molar-refractivity contribution in [2.24, 2.45) is 0 Å². The third kappa shape index (κ3) is 2.27. The molecule has 0 unspecified atom stereocenters. The largest absolute Gasteiger partial charge is 0.351 e. The molecule has 3 heterocycles. The van der Waals surface area contributed by atoms with Gasteiger partial charge in [-0.25, -0.2) is 9.97 Å². The maximum Gasteiger partial charge on any atom is 0.181 e. The molecular weight excluding hydrogens is 342 g/mol. The van der Waals surface area contributed by atoms with E-state index in [4.69, 9.17) is 9.97 Å². The maximum absolute atomic E-state index is 4.91. The first-order chi connectivity index (χ1) is 10.6. The number of piperazine rings is 1. The first kappa shape index (κ1) is 14.0. The highest BCUT2D eigenvalue weighted by Gasteiger charge is 2.20. The highest BCUT2D eigenvalue weighted by atomic mass is 79.9. The summed E-state index contributed by atoms with van der Waals surface area (Å²) in [5.74, 6) is 0.996. The fraction of sp³-hybridized carbons (Fsp3) is 0.375. The van der Waals surface area contributed by atoms with Crippen LogP contribution < -0.4 is 4.90 Å². The van der Waals surface area contributed by atoms with Crippen LogP contribution in [0.5, 0.6) is 0 Å². The highest BCUT2D eigenvalue weighted by Crippen LogP contribution is 2.27. The van der Waals surface area contributed by atoms with E-state index >= 15 is 0 Å². The molecule has 0 spiro atoms. The zero-order valence-corrected chi connectivity index (χ0v) is 14.3. The first-order valence-electron chi connectivity index (χ1n) is 7.50. The van der Waals surface area contributed by atoms with Gasteiger partial charge < -0.3 is 9.80 Å². The zero-order chi connectivity index (χ0) is 15.3. The molecule has 1 aliphatic rings. The zero-order valence-electron chi connectivity index (χ0n) is 12.8. The summed E-state index contributed by atoms with van der Waals surface area (Å²) in [7, 11) is 2.16. The van der Waals surface area contributed by atoms with Gasteiger partial charge in [-0.1, -0.05) is 15.9 Å². The summed E-state index contributed by atoms with van der Waals surface area (Å²) in [4.78, 5) is 14.3. The van der Waals surface area contributed by atoms with Gasteiger partial charge in [0.2, 0.25) is 0 Å².